The number of rotatable bonds is 10. The number of imidazole rings is 1. The van der Waals surface area contributed by atoms with Crippen molar-refractivity contribution >= 4 is 39.7 Å². The summed E-state index contributed by atoms with van der Waals surface area (Å²) < 4.78 is 4.83. The Kier molecular flexibility index (Phi) is 9.83. The smallest absolute Gasteiger partial charge is 0.407 e. The SMILES string of the molecule is CC[C@H](C)[C@H](C)C(=O)N1CCC[C@H]1Cc1ccc2cc(-c3ccc4nc([C@@H]5[C@@H]6CC[C@@H](C6)N5C(=O)[C@@H](NC(=O)OC)C(C)C)[nH]c4c3)ccc2c1. The number of methoxy groups -OCH3 is 1. The summed E-state index contributed by atoms with van der Waals surface area (Å²) in [5.74, 6) is 1.76. The zero-order valence-corrected chi connectivity index (χ0v) is 30.9. The Hall–Kier alpha value is -4.40. The number of piperidine rings is 1. The van der Waals surface area contributed by atoms with Crippen LogP contribution in [0.1, 0.15) is 90.6 Å². The lowest BCUT2D eigenvalue weighted by Crippen LogP contribution is -2.54. The lowest BCUT2D eigenvalue weighted by molar-refractivity contribution is -0.139. The molecule has 1 aromatic heterocycles. The molecule has 7 rings (SSSR count). The number of nitrogens with zero attached hydrogens (tertiary/aromatic N) is 3. The number of aromatic amines is 1. The molecule has 3 heterocycles. The van der Waals surface area contributed by atoms with E-state index < -0.39 is 12.1 Å². The normalized spacial score (nSPS) is 23.3. The summed E-state index contributed by atoms with van der Waals surface area (Å²) in [5.41, 5.74) is 5.32. The number of likely N-dealkylation sites (tertiary alicyclic amines) is 2. The second kappa shape index (κ2) is 14.3. The summed E-state index contributed by atoms with van der Waals surface area (Å²) in [7, 11) is 1.32. The van der Waals surface area contributed by atoms with Crippen molar-refractivity contribution in [2.45, 2.75) is 104 Å². The van der Waals surface area contributed by atoms with Gasteiger partial charge < -0.3 is 24.8 Å². The molecule has 3 fully saturated rings. The summed E-state index contributed by atoms with van der Waals surface area (Å²) in [6.45, 7) is 11.2. The van der Waals surface area contributed by atoms with Gasteiger partial charge in [-0.05, 0) is 102 Å². The second-order valence-corrected chi connectivity index (χ2v) is 15.7. The van der Waals surface area contributed by atoms with Crippen LogP contribution >= 0.6 is 0 Å². The van der Waals surface area contributed by atoms with E-state index in [-0.39, 0.29) is 35.9 Å². The first-order valence-corrected chi connectivity index (χ1v) is 19.1. The number of aromatic nitrogens is 2. The molecule has 0 unspecified atom stereocenters. The lowest BCUT2D eigenvalue weighted by Gasteiger charge is -2.37. The van der Waals surface area contributed by atoms with Gasteiger partial charge in [0.05, 0.1) is 24.2 Å². The largest absolute Gasteiger partial charge is 0.453 e. The van der Waals surface area contributed by atoms with Crippen LogP contribution in [0.5, 0.6) is 0 Å². The van der Waals surface area contributed by atoms with E-state index in [0.29, 0.717) is 17.7 Å². The fraction of sp³-hybridized carbons (Fsp3) is 0.524. The van der Waals surface area contributed by atoms with Crippen molar-refractivity contribution in [2.24, 2.45) is 23.7 Å². The van der Waals surface area contributed by atoms with Crippen molar-refractivity contribution in [3.05, 3.63) is 66.0 Å². The summed E-state index contributed by atoms with van der Waals surface area (Å²) in [6, 6.07) is 19.3. The lowest BCUT2D eigenvalue weighted by atomic mass is 9.91. The zero-order valence-electron chi connectivity index (χ0n) is 30.9. The molecule has 9 nitrogen and oxygen atoms in total. The van der Waals surface area contributed by atoms with Crippen molar-refractivity contribution in [1.82, 2.24) is 25.1 Å². The van der Waals surface area contributed by atoms with E-state index in [2.05, 4.69) is 90.6 Å². The molecule has 0 radical (unpaired) electrons. The maximum atomic E-state index is 14.0. The third kappa shape index (κ3) is 6.72. The average molecular weight is 692 g/mol. The van der Waals surface area contributed by atoms with Gasteiger partial charge in [-0.1, -0.05) is 77.4 Å². The first-order valence-electron chi connectivity index (χ1n) is 19.1. The first kappa shape index (κ1) is 35.0. The molecule has 1 aliphatic carbocycles. The van der Waals surface area contributed by atoms with Crippen LogP contribution in [0.2, 0.25) is 0 Å². The monoisotopic (exact) mass is 691 g/mol. The predicted molar refractivity (Wildman–Crippen MR) is 201 cm³/mol. The molecule has 2 bridgehead atoms. The van der Waals surface area contributed by atoms with Gasteiger partial charge in [-0.15, -0.1) is 0 Å². The molecule has 2 N–H and O–H groups in total. The fourth-order valence-electron chi connectivity index (χ4n) is 8.94. The third-order valence-electron chi connectivity index (χ3n) is 12.3. The number of alkyl carbamates (subject to hydrolysis) is 1. The highest BCUT2D eigenvalue weighted by atomic mass is 16.5. The van der Waals surface area contributed by atoms with Gasteiger partial charge in [0.1, 0.15) is 11.9 Å². The van der Waals surface area contributed by atoms with Crippen LogP contribution in [0.3, 0.4) is 0 Å². The maximum absolute atomic E-state index is 14.0. The van der Waals surface area contributed by atoms with Crippen molar-refractivity contribution in [2.75, 3.05) is 13.7 Å². The molecule has 1 saturated carbocycles. The highest BCUT2D eigenvalue weighted by Crippen LogP contribution is 2.50. The number of ether oxygens (including phenoxy) is 1. The molecular formula is C42H53N5O4. The summed E-state index contributed by atoms with van der Waals surface area (Å²) in [5, 5.41) is 5.16. The van der Waals surface area contributed by atoms with Crippen molar-refractivity contribution in [3.8, 4) is 11.1 Å². The Morgan fingerprint density at radius 1 is 0.941 bits per heavy atom. The predicted octanol–water partition coefficient (Wildman–Crippen LogP) is 8.03. The molecule has 3 amide bonds. The van der Waals surface area contributed by atoms with Gasteiger partial charge in [0.25, 0.3) is 0 Å². The molecule has 270 valence electrons. The number of carbonyl (C=O) groups is 3. The molecule has 7 atom stereocenters. The van der Waals surface area contributed by atoms with E-state index in [1.54, 1.807) is 0 Å². The van der Waals surface area contributed by atoms with Gasteiger partial charge in [0.15, 0.2) is 0 Å². The van der Waals surface area contributed by atoms with E-state index in [0.717, 1.165) is 79.5 Å². The number of nitrogens with one attached hydrogen (secondary N) is 2. The van der Waals surface area contributed by atoms with E-state index >= 15 is 0 Å². The maximum Gasteiger partial charge on any atom is 0.407 e. The number of fused-ring (bicyclic) bond motifs is 4. The molecule has 2 aliphatic heterocycles. The molecule has 3 aliphatic rings. The summed E-state index contributed by atoms with van der Waals surface area (Å²) in [4.78, 5) is 52.2. The van der Waals surface area contributed by atoms with Crippen LogP contribution in [0.4, 0.5) is 4.79 Å². The van der Waals surface area contributed by atoms with E-state index in [9.17, 15) is 14.4 Å². The Bertz CT molecular complexity index is 1930. The Morgan fingerprint density at radius 3 is 2.45 bits per heavy atom. The van der Waals surface area contributed by atoms with Gasteiger partial charge in [-0.25, -0.2) is 9.78 Å². The van der Waals surface area contributed by atoms with Crippen LogP contribution in [0.25, 0.3) is 32.9 Å². The molecule has 4 aromatic rings. The first-order chi connectivity index (χ1) is 24.6. The molecular weight excluding hydrogens is 638 g/mol. The van der Waals surface area contributed by atoms with E-state index in [1.165, 1.54) is 23.4 Å². The van der Waals surface area contributed by atoms with Crippen molar-refractivity contribution in [3.63, 3.8) is 0 Å². The van der Waals surface area contributed by atoms with Crippen LogP contribution < -0.4 is 5.32 Å². The van der Waals surface area contributed by atoms with Gasteiger partial charge in [0.2, 0.25) is 11.8 Å². The standard InChI is InChI=1S/C42H53N5O4/c1-7-25(4)26(5)40(48)46-18-8-9-33(46)20-27-10-11-29-21-30(13-12-28(29)19-27)31-15-17-35-36(23-31)44-39(43-35)38-32-14-16-34(22-32)47(38)41(49)37(24(2)3)45-42(50)51-6/h10-13,15,17,19,21,23-26,32-34,37-38H,7-9,14,16,18,20,22H2,1-6H3,(H,43,44)(H,45,50)/t25-,26-,32+,33-,34-,37-,38-/m0/s1. The average Bonchev–Trinajstić information content (AvgIpc) is 3.96. The highest BCUT2D eigenvalue weighted by Gasteiger charge is 2.51. The summed E-state index contributed by atoms with van der Waals surface area (Å²) >= 11 is 0. The fourth-order valence-corrected chi connectivity index (χ4v) is 8.94. The molecule has 2 saturated heterocycles. The molecule has 3 aromatic carbocycles. The highest BCUT2D eigenvalue weighted by molar-refractivity contribution is 5.90. The van der Waals surface area contributed by atoms with Crippen molar-refractivity contribution < 1.29 is 19.1 Å². The minimum atomic E-state index is -0.663. The second-order valence-electron chi connectivity index (χ2n) is 15.7. The van der Waals surface area contributed by atoms with Gasteiger partial charge in [0, 0.05) is 24.5 Å². The minimum absolute atomic E-state index is 0.0641. The quantitative estimate of drug-likeness (QED) is 0.175. The Morgan fingerprint density at radius 2 is 1.69 bits per heavy atom. The van der Waals surface area contributed by atoms with Gasteiger partial charge in [-0.2, -0.15) is 0 Å². The summed E-state index contributed by atoms with van der Waals surface area (Å²) in [6.07, 6.45) is 6.45. The number of benzene rings is 3. The number of amides is 3. The third-order valence-corrected chi connectivity index (χ3v) is 12.3. The van der Waals surface area contributed by atoms with E-state index in [4.69, 9.17) is 9.72 Å². The zero-order chi connectivity index (χ0) is 36.0. The van der Waals surface area contributed by atoms with Crippen LogP contribution in [0.15, 0.2) is 54.6 Å². The van der Waals surface area contributed by atoms with Crippen LogP contribution in [-0.4, -0.2) is 69.5 Å². The Labute approximate surface area is 301 Å². The Balaban J connectivity index is 1.09. The number of H-pyrrole nitrogens is 1. The van der Waals surface area contributed by atoms with Gasteiger partial charge in [-0.3, -0.25) is 9.59 Å². The topological polar surface area (TPSA) is 108 Å². The van der Waals surface area contributed by atoms with Gasteiger partial charge >= 0.3 is 6.09 Å². The number of hydrogen-bond acceptors (Lipinski definition) is 5. The number of hydrogen-bond donors (Lipinski definition) is 2. The van der Waals surface area contributed by atoms with Crippen LogP contribution in [-0.2, 0) is 20.7 Å². The minimum Gasteiger partial charge on any atom is -0.453 e. The van der Waals surface area contributed by atoms with E-state index in [1.807, 2.05) is 18.7 Å². The van der Waals surface area contributed by atoms with Crippen molar-refractivity contribution in [1.29, 1.82) is 0 Å². The van der Waals surface area contributed by atoms with Crippen LogP contribution in [0, 0.1) is 23.7 Å². The molecule has 51 heavy (non-hydrogen) atoms. The number of carbonyl (C=O) groups excluding carboxylic acids is 3. The molecule has 9 heteroatoms. The molecule has 0 spiro atoms.